The van der Waals surface area contributed by atoms with Crippen LogP contribution in [-0.4, -0.2) is 11.7 Å². The summed E-state index contributed by atoms with van der Waals surface area (Å²) in [7, 11) is 0. The Morgan fingerprint density at radius 1 is 1.38 bits per heavy atom. The van der Waals surface area contributed by atoms with Crippen LogP contribution in [0.5, 0.6) is 0 Å². The Kier molecular flexibility index (Phi) is 3.90. The fourth-order valence-corrected chi connectivity index (χ4v) is 1.36. The molecule has 2 nitrogen and oxygen atoms in total. The van der Waals surface area contributed by atoms with E-state index in [1.165, 1.54) is 0 Å². The van der Waals surface area contributed by atoms with Gasteiger partial charge in [0.25, 0.3) is 0 Å². The SMILES string of the molecule is O=C(C[S])Nc1c(Cl)cccc1Cl. The molecule has 0 atom stereocenters. The van der Waals surface area contributed by atoms with Crippen LogP contribution in [-0.2, 0) is 4.79 Å². The lowest BCUT2D eigenvalue weighted by atomic mass is 10.3. The molecule has 0 saturated carbocycles. The number of benzene rings is 1. The first kappa shape index (κ1) is 10.7. The Balaban J connectivity index is 2.93. The monoisotopic (exact) mass is 234 g/mol. The summed E-state index contributed by atoms with van der Waals surface area (Å²) in [6.07, 6.45) is 0. The number of anilines is 1. The summed E-state index contributed by atoms with van der Waals surface area (Å²) in [5.74, 6) is -0.299. The number of amides is 1. The minimum Gasteiger partial charge on any atom is -0.323 e. The van der Waals surface area contributed by atoms with E-state index in [4.69, 9.17) is 23.2 Å². The molecule has 13 heavy (non-hydrogen) atoms. The molecule has 0 bridgehead atoms. The van der Waals surface area contributed by atoms with Crippen LogP contribution in [0.25, 0.3) is 0 Å². The molecule has 0 aliphatic heterocycles. The number of carbonyl (C=O) groups excluding carboxylic acids is 1. The van der Waals surface area contributed by atoms with Crippen LogP contribution >= 0.6 is 35.8 Å². The molecule has 1 amide bonds. The number of para-hydroxylation sites is 1. The fraction of sp³-hybridized carbons (Fsp3) is 0.125. The molecule has 1 radical (unpaired) electrons. The summed E-state index contributed by atoms with van der Waals surface area (Å²) in [4.78, 5) is 11.0. The molecule has 1 N–H and O–H groups in total. The second-order valence-corrected chi connectivity index (χ2v) is 3.39. The molecule has 1 aromatic carbocycles. The van der Waals surface area contributed by atoms with Gasteiger partial charge in [0, 0.05) is 0 Å². The van der Waals surface area contributed by atoms with Crippen molar-refractivity contribution in [2.24, 2.45) is 0 Å². The van der Waals surface area contributed by atoms with Gasteiger partial charge in [0.2, 0.25) is 5.91 Å². The van der Waals surface area contributed by atoms with Crippen molar-refractivity contribution in [3.05, 3.63) is 28.2 Å². The number of nitrogens with one attached hydrogen (secondary N) is 1. The van der Waals surface area contributed by atoms with Crippen molar-refractivity contribution in [1.82, 2.24) is 0 Å². The van der Waals surface area contributed by atoms with Gasteiger partial charge < -0.3 is 5.32 Å². The van der Waals surface area contributed by atoms with E-state index >= 15 is 0 Å². The third-order valence-electron chi connectivity index (χ3n) is 1.36. The molecule has 0 aliphatic carbocycles. The zero-order chi connectivity index (χ0) is 9.84. The highest BCUT2D eigenvalue weighted by Crippen LogP contribution is 2.29. The molecule has 0 saturated heterocycles. The zero-order valence-corrected chi connectivity index (χ0v) is 8.84. The summed E-state index contributed by atoms with van der Waals surface area (Å²) in [6.45, 7) is 0. The highest BCUT2D eigenvalue weighted by Gasteiger charge is 2.07. The largest absolute Gasteiger partial charge is 0.323 e. The van der Waals surface area contributed by atoms with Gasteiger partial charge in [0.05, 0.1) is 21.5 Å². The first-order valence-corrected chi connectivity index (χ1v) is 4.80. The predicted octanol–water partition coefficient (Wildman–Crippen LogP) is 3.13. The summed E-state index contributed by atoms with van der Waals surface area (Å²) in [5.41, 5.74) is 0.417. The molecule has 0 spiro atoms. The van der Waals surface area contributed by atoms with E-state index in [1.54, 1.807) is 18.2 Å². The Hall–Kier alpha value is -0.380. The van der Waals surface area contributed by atoms with Crippen molar-refractivity contribution in [2.75, 3.05) is 11.1 Å². The normalized spacial score (nSPS) is 9.77. The molecule has 0 aromatic heterocycles. The van der Waals surface area contributed by atoms with Crippen LogP contribution in [0, 0.1) is 0 Å². The maximum atomic E-state index is 11.0. The standard InChI is InChI=1S/C8H6Cl2NOS/c9-5-2-1-3-6(10)8(5)11-7(12)4-13/h1-3H,4H2,(H,11,12). The average Bonchev–Trinajstić information content (AvgIpc) is 2.11. The number of carbonyl (C=O) groups is 1. The van der Waals surface area contributed by atoms with Crippen LogP contribution in [0.3, 0.4) is 0 Å². The van der Waals surface area contributed by atoms with E-state index in [9.17, 15) is 4.79 Å². The first-order valence-electron chi connectivity index (χ1n) is 3.47. The van der Waals surface area contributed by atoms with Crippen molar-refractivity contribution in [3.63, 3.8) is 0 Å². The second kappa shape index (κ2) is 4.74. The van der Waals surface area contributed by atoms with E-state index in [0.717, 1.165) is 0 Å². The number of rotatable bonds is 2. The molecule has 1 aromatic rings. The van der Waals surface area contributed by atoms with Gasteiger partial charge in [0.15, 0.2) is 0 Å². The highest BCUT2D eigenvalue weighted by atomic mass is 35.5. The molecular formula is C8H6Cl2NOS. The Morgan fingerprint density at radius 2 is 1.92 bits per heavy atom. The first-order chi connectivity index (χ1) is 6.15. The van der Waals surface area contributed by atoms with Crippen LogP contribution in [0.2, 0.25) is 10.0 Å². The zero-order valence-electron chi connectivity index (χ0n) is 6.51. The van der Waals surface area contributed by atoms with Crippen LogP contribution in [0.4, 0.5) is 5.69 Å². The molecule has 5 heteroatoms. The summed E-state index contributed by atoms with van der Waals surface area (Å²) >= 11 is 16.2. The van der Waals surface area contributed by atoms with Crippen molar-refractivity contribution in [1.29, 1.82) is 0 Å². The smallest absolute Gasteiger partial charge is 0.235 e. The number of hydrogen-bond donors (Lipinski definition) is 1. The van der Waals surface area contributed by atoms with Crippen molar-refractivity contribution < 1.29 is 4.79 Å². The molecule has 0 fully saturated rings. The van der Waals surface area contributed by atoms with E-state index in [2.05, 4.69) is 17.9 Å². The summed E-state index contributed by atoms with van der Waals surface area (Å²) < 4.78 is 0. The Labute approximate surface area is 91.6 Å². The summed E-state index contributed by atoms with van der Waals surface area (Å²) in [5, 5.41) is 3.33. The Bertz CT molecular complexity index is 310. The third kappa shape index (κ3) is 2.79. The topological polar surface area (TPSA) is 29.1 Å². The average molecular weight is 235 g/mol. The van der Waals surface area contributed by atoms with Gasteiger partial charge in [0.1, 0.15) is 0 Å². The molecule has 0 aliphatic rings. The van der Waals surface area contributed by atoms with Gasteiger partial charge in [-0.2, -0.15) is 0 Å². The van der Waals surface area contributed by atoms with Crippen molar-refractivity contribution >= 4 is 47.4 Å². The molecular weight excluding hydrogens is 229 g/mol. The van der Waals surface area contributed by atoms with Crippen LogP contribution in [0.15, 0.2) is 18.2 Å². The number of halogens is 2. The van der Waals surface area contributed by atoms with Crippen molar-refractivity contribution in [2.45, 2.75) is 0 Å². The lowest BCUT2D eigenvalue weighted by molar-refractivity contribution is -0.113. The predicted molar refractivity (Wildman–Crippen MR) is 57.5 cm³/mol. The maximum Gasteiger partial charge on any atom is 0.235 e. The second-order valence-electron chi connectivity index (χ2n) is 2.29. The van der Waals surface area contributed by atoms with E-state index in [0.29, 0.717) is 15.7 Å². The molecule has 0 heterocycles. The molecule has 0 unspecified atom stereocenters. The molecule has 1 rings (SSSR count). The van der Waals surface area contributed by atoms with E-state index in [-0.39, 0.29) is 11.7 Å². The van der Waals surface area contributed by atoms with Gasteiger partial charge in [-0.15, -0.1) is 0 Å². The quantitative estimate of drug-likeness (QED) is 0.838. The van der Waals surface area contributed by atoms with Gasteiger partial charge >= 0.3 is 0 Å². The highest BCUT2D eigenvalue weighted by molar-refractivity contribution is 7.81. The minimum atomic E-state index is -0.287. The lowest BCUT2D eigenvalue weighted by Gasteiger charge is -2.06. The Morgan fingerprint density at radius 3 is 2.38 bits per heavy atom. The van der Waals surface area contributed by atoms with Gasteiger partial charge in [-0.3, -0.25) is 4.79 Å². The minimum absolute atomic E-state index is 0.0123. The number of hydrogen-bond acceptors (Lipinski definition) is 1. The lowest BCUT2D eigenvalue weighted by Crippen LogP contribution is -2.13. The van der Waals surface area contributed by atoms with Gasteiger partial charge in [-0.05, 0) is 12.1 Å². The van der Waals surface area contributed by atoms with Crippen LogP contribution < -0.4 is 5.32 Å². The van der Waals surface area contributed by atoms with E-state index in [1.807, 2.05) is 0 Å². The summed E-state index contributed by atoms with van der Waals surface area (Å²) in [6, 6.07) is 4.99. The van der Waals surface area contributed by atoms with Gasteiger partial charge in [-0.1, -0.05) is 41.9 Å². The van der Waals surface area contributed by atoms with Crippen molar-refractivity contribution in [3.8, 4) is 0 Å². The van der Waals surface area contributed by atoms with Crippen LogP contribution in [0.1, 0.15) is 0 Å². The third-order valence-corrected chi connectivity index (χ3v) is 2.25. The van der Waals surface area contributed by atoms with E-state index < -0.39 is 0 Å². The maximum absolute atomic E-state index is 11.0. The fourth-order valence-electron chi connectivity index (χ4n) is 0.793. The van der Waals surface area contributed by atoms with Gasteiger partial charge in [-0.25, -0.2) is 0 Å². The molecule has 69 valence electrons.